The summed E-state index contributed by atoms with van der Waals surface area (Å²) in [5.74, 6) is 0. The number of rotatable bonds is 8. The highest BCUT2D eigenvalue weighted by Crippen LogP contribution is 2.48. The zero-order valence-corrected chi connectivity index (χ0v) is 31.8. The predicted molar refractivity (Wildman–Crippen MR) is 242 cm³/mol. The molecule has 10 aromatic rings. The molecule has 1 aromatic heterocycles. The average molecular weight is 729 g/mol. The van der Waals surface area contributed by atoms with Crippen LogP contribution in [0.15, 0.2) is 224 Å². The lowest BCUT2D eigenvalue weighted by Crippen LogP contribution is -2.11. The van der Waals surface area contributed by atoms with Gasteiger partial charge < -0.3 is 9.47 Å². The maximum absolute atomic E-state index is 2.51. The Labute approximate surface area is 334 Å². The summed E-state index contributed by atoms with van der Waals surface area (Å²) in [7, 11) is 0. The van der Waals surface area contributed by atoms with Crippen molar-refractivity contribution in [3.05, 3.63) is 230 Å². The van der Waals surface area contributed by atoms with Gasteiger partial charge in [-0.05, 0) is 71.1 Å². The van der Waals surface area contributed by atoms with Crippen LogP contribution in [0, 0.1) is 6.92 Å². The second kappa shape index (κ2) is 14.7. The number of fused-ring (bicyclic) bond motifs is 3. The second-order valence-electron chi connectivity index (χ2n) is 14.6. The van der Waals surface area contributed by atoms with Crippen LogP contribution in [0.1, 0.15) is 5.56 Å². The third kappa shape index (κ3) is 6.18. The van der Waals surface area contributed by atoms with Crippen LogP contribution in [0.5, 0.6) is 0 Å². The summed E-state index contributed by atoms with van der Waals surface area (Å²) in [6, 6.07) is 81.3. The smallest absolute Gasteiger partial charge is 0.0618 e. The quantitative estimate of drug-likeness (QED) is 0.151. The van der Waals surface area contributed by atoms with Crippen LogP contribution in [-0.2, 0) is 0 Å². The first-order valence-electron chi connectivity index (χ1n) is 19.6. The molecular weight excluding hydrogens is 689 g/mol. The van der Waals surface area contributed by atoms with Crippen molar-refractivity contribution in [2.75, 3.05) is 4.90 Å². The first kappa shape index (κ1) is 34.1. The molecule has 0 aliphatic rings. The number of nitrogens with zero attached hydrogens (tertiary/aromatic N) is 2. The zero-order chi connectivity index (χ0) is 38.1. The van der Waals surface area contributed by atoms with Crippen molar-refractivity contribution in [3.8, 4) is 50.2 Å². The van der Waals surface area contributed by atoms with Gasteiger partial charge in [0.05, 0.1) is 28.1 Å². The fourth-order valence-corrected chi connectivity index (χ4v) is 8.40. The molecule has 270 valence electrons. The van der Waals surface area contributed by atoms with Gasteiger partial charge >= 0.3 is 0 Å². The lowest BCUT2D eigenvalue weighted by Gasteiger charge is -2.29. The Kier molecular flexibility index (Phi) is 8.78. The molecule has 9 aromatic carbocycles. The number of anilines is 3. The van der Waals surface area contributed by atoms with Gasteiger partial charge in [0.2, 0.25) is 0 Å². The van der Waals surface area contributed by atoms with E-state index in [2.05, 4.69) is 241 Å². The molecule has 2 heteroatoms. The number of aromatic nitrogens is 1. The van der Waals surface area contributed by atoms with E-state index in [-0.39, 0.29) is 0 Å². The van der Waals surface area contributed by atoms with E-state index in [9.17, 15) is 0 Å². The molecule has 0 unspecified atom stereocenters. The Bertz CT molecular complexity index is 2980. The van der Waals surface area contributed by atoms with Crippen molar-refractivity contribution < 1.29 is 0 Å². The summed E-state index contributed by atoms with van der Waals surface area (Å²) >= 11 is 0. The van der Waals surface area contributed by atoms with Gasteiger partial charge in [-0.3, -0.25) is 0 Å². The van der Waals surface area contributed by atoms with Crippen LogP contribution in [0.4, 0.5) is 17.1 Å². The first-order chi connectivity index (χ1) is 28.2. The summed E-state index contributed by atoms with van der Waals surface area (Å²) in [5.41, 5.74) is 17.5. The van der Waals surface area contributed by atoms with E-state index in [1.54, 1.807) is 0 Å². The van der Waals surface area contributed by atoms with E-state index in [0.29, 0.717) is 0 Å². The van der Waals surface area contributed by atoms with Gasteiger partial charge in [0.25, 0.3) is 0 Å². The van der Waals surface area contributed by atoms with Crippen molar-refractivity contribution >= 4 is 38.9 Å². The summed E-state index contributed by atoms with van der Waals surface area (Å²) in [5, 5.41) is 2.39. The van der Waals surface area contributed by atoms with Crippen LogP contribution in [0.2, 0.25) is 0 Å². The highest BCUT2D eigenvalue weighted by atomic mass is 15.2. The molecule has 0 fully saturated rings. The molecule has 0 saturated heterocycles. The Hall–Kier alpha value is -7.42. The average Bonchev–Trinajstić information content (AvgIpc) is 3.62. The SMILES string of the molecule is Cc1ccc(-c2cccc(-c3ccccc3)c2-n2c3ccccc3c3c(N(c4ccc(-c5ccccc5)cc4)c4ccccc4-c4ccccc4)cccc32)cc1. The molecule has 0 N–H and O–H groups in total. The molecular formula is C55H40N2. The molecule has 0 spiro atoms. The maximum atomic E-state index is 2.51. The standard InChI is InChI=1S/C55H40N2/c1-39-31-33-44(34-32-39)48-26-15-25-47(43-21-9-4-10-22-43)55(48)57-51-28-14-12-24-49(51)54-52(29-16-30-53(54)57)56(45-37-35-41(36-38-45)40-17-5-2-6-18-40)50-27-13-11-23-46(50)42-19-7-3-8-20-42/h2-38H,1H3. The highest BCUT2D eigenvalue weighted by molar-refractivity contribution is 6.17. The van der Waals surface area contributed by atoms with E-state index in [0.717, 1.165) is 28.1 Å². The molecule has 0 saturated carbocycles. The van der Waals surface area contributed by atoms with E-state index < -0.39 is 0 Å². The number of hydrogen-bond acceptors (Lipinski definition) is 1. The van der Waals surface area contributed by atoms with Gasteiger partial charge in [0.1, 0.15) is 0 Å². The monoisotopic (exact) mass is 728 g/mol. The van der Waals surface area contributed by atoms with Gasteiger partial charge in [-0.2, -0.15) is 0 Å². The first-order valence-corrected chi connectivity index (χ1v) is 19.6. The van der Waals surface area contributed by atoms with Crippen molar-refractivity contribution in [1.29, 1.82) is 0 Å². The third-order valence-electron chi connectivity index (χ3n) is 11.1. The fourth-order valence-electron chi connectivity index (χ4n) is 8.40. The van der Waals surface area contributed by atoms with Gasteiger partial charge in [0.15, 0.2) is 0 Å². The van der Waals surface area contributed by atoms with E-state index >= 15 is 0 Å². The van der Waals surface area contributed by atoms with Gasteiger partial charge in [-0.1, -0.05) is 194 Å². The highest BCUT2D eigenvalue weighted by Gasteiger charge is 2.25. The molecule has 2 nitrogen and oxygen atoms in total. The van der Waals surface area contributed by atoms with Crippen LogP contribution in [0.25, 0.3) is 72.0 Å². The lowest BCUT2D eigenvalue weighted by atomic mass is 9.95. The normalized spacial score (nSPS) is 11.2. The molecule has 0 aliphatic heterocycles. The Morgan fingerprint density at radius 3 is 1.47 bits per heavy atom. The topological polar surface area (TPSA) is 8.17 Å². The van der Waals surface area contributed by atoms with Crippen LogP contribution < -0.4 is 4.90 Å². The molecule has 0 atom stereocenters. The summed E-state index contributed by atoms with van der Waals surface area (Å²) < 4.78 is 2.51. The Morgan fingerprint density at radius 2 is 0.789 bits per heavy atom. The fraction of sp³-hybridized carbons (Fsp3) is 0.0182. The summed E-state index contributed by atoms with van der Waals surface area (Å²) in [4.78, 5) is 2.46. The predicted octanol–water partition coefficient (Wildman–Crippen LogP) is 15.2. The molecule has 10 rings (SSSR count). The molecule has 0 amide bonds. The van der Waals surface area contributed by atoms with Crippen LogP contribution in [-0.4, -0.2) is 4.57 Å². The van der Waals surface area contributed by atoms with Crippen LogP contribution in [0.3, 0.4) is 0 Å². The van der Waals surface area contributed by atoms with E-state index in [1.807, 2.05) is 0 Å². The van der Waals surface area contributed by atoms with E-state index in [1.165, 1.54) is 66.5 Å². The van der Waals surface area contributed by atoms with Crippen molar-refractivity contribution in [1.82, 2.24) is 4.57 Å². The second-order valence-corrected chi connectivity index (χ2v) is 14.6. The van der Waals surface area contributed by atoms with Gasteiger partial charge in [0, 0.05) is 33.2 Å². The number of benzene rings is 9. The minimum atomic E-state index is 1.09. The number of hydrogen-bond donors (Lipinski definition) is 0. The largest absolute Gasteiger partial charge is 0.309 e. The zero-order valence-electron chi connectivity index (χ0n) is 31.8. The van der Waals surface area contributed by atoms with Gasteiger partial charge in [-0.15, -0.1) is 0 Å². The Balaban J connectivity index is 1.28. The Morgan fingerprint density at radius 1 is 0.333 bits per heavy atom. The molecule has 0 radical (unpaired) electrons. The van der Waals surface area contributed by atoms with Crippen molar-refractivity contribution in [2.24, 2.45) is 0 Å². The molecule has 0 bridgehead atoms. The number of para-hydroxylation sites is 3. The molecule has 1 heterocycles. The van der Waals surface area contributed by atoms with E-state index in [4.69, 9.17) is 0 Å². The maximum Gasteiger partial charge on any atom is 0.0618 e. The molecule has 57 heavy (non-hydrogen) atoms. The van der Waals surface area contributed by atoms with Crippen molar-refractivity contribution in [3.63, 3.8) is 0 Å². The lowest BCUT2D eigenvalue weighted by molar-refractivity contribution is 1.18. The molecule has 0 aliphatic carbocycles. The summed E-state index contributed by atoms with van der Waals surface area (Å²) in [6.45, 7) is 2.15. The van der Waals surface area contributed by atoms with Crippen LogP contribution >= 0.6 is 0 Å². The number of aryl methyl sites for hydroxylation is 1. The van der Waals surface area contributed by atoms with Gasteiger partial charge in [-0.25, -0.2) is 0 Å². The summed E-state index contributed by atoms with van der Waals surface area (Å²) in [6.07, 6.45) is 0. The minimum absolute atomic E-state index is 1.09. The minimum Gasteiger partial charge on any atom is -0.309 e. The van der Waals surface area contributed by atoms with Crippen molar-refractivity contribution in [2.45, 2.75) is 6.92 Å². The third-order valence-corrected chi connectivity index (χ3v) is 11.1.